The molecule has 2 aromatic rings. The lowest BCUT2D eigenvalue weighted by atomic mass is 10.1. The lowest BCUT2D eigenvalue weighted by molar-refractivity contribution is 0.305. The van der Waals surface area contributed by atoms with Crippen LogP contribution in [0.2, 0.25) is 0 Å². The Morgan fingerprint density at radius 3 is 3.10 bits per heavy atom. The molecule has 21 heavy (non-hydrogen) atoms. The van der Waals surface area contributed by atoms with Crippen molar-refractivity contribution < 1.29 is 8.91 Å². The van der Waals surface area contributed by atoms with Gasteiger partial charge in [-0.3, -0.25) is 4.90 Å². The molecule has 0 aliphatic carbocycles. The molecule has 0 unspecified atom stereocenters. The molecule has 1 saturated heterocycles. The fourth-order valence-corrected chi connectivity index (χ4v) is 2.66. The Hall–Kier alpha value is -2.26. The maximum absolute atomic E-state index is 13.8. The van der Waals surface area contributed by atoms with Crippen LogP contribution in [0.5, 0.6) is 0 Å². The number of aryl methyl sites for hydroxylation is 1. The van der Waals surface area contributed by atoms with Gasteiger partial charge in [0.15, 0.2) is 5.82 Å². The molecular formula is C15H15FN4O. The molecule has 2 heterocycles. The van der Waals surface area contributed by atoms with Crippen LogP contribution >= 0.6 is 0 Å². The van der Waals surface area contributed by atoms with Crippen molar-refractivity contribution in [3.8, 4) is 6.07 Å². The standard InChI is InChI=1S/C15H15FN4O/c1-10-18-15(21-19-10)12-4-5-20(8-12)9-13-6-11(7-17)2-3-14(13)16/h2-3,6,12H,4-5,8-9H2,1H3/t12-/m1/s1. The molecule has 1 aromatic carbocycles. The molecular weight excluding hydrogens is 271 g/mol. The number of hydrogen-bond donors (Lipinski definition) is 0. The van der Waals surface area contributed by atoms with Crippen molar-refractivity contribution in [2.24, 2.45) is 0 Å². The van der Waals surface area contributed by atoms with E-state index < -0.39 is 0 Å². The van der Waals surface area contributed by atoms with Crippen molar-refractivity contribution in [2.75, 3.05) is 13.1 Å². The molecule has 0 amide bonds. The van der Waals surface area contributed by atoms with Crippen LogP contribution in [-0.4, -0.2) is 28.1 Å². The van der Waals surface area contributed by atoms with Crippen LogP contribution < -0.4 is 0 Å². The van der Waals surface area contributed by atoms with E-state index in [0.29, 0.717) is 29.4 Å². The summed E-state index contributed by atoms with van der Waals surface area (Å²) in [7, 11) is 0. The Morgan fingerprint density at radius 1 is 1.52 bits per heavy atom. The molecule has 0 bridgehead atoms. The number of nitriles is 1. The minimum atomic E-state index is -0.272. The summed E-state index contributed by atoms with van der Waals surface area (Å²) in [6.07, 6.45) is 0.918. The van der Waals surface area contributed by atoms with Crippen molar-refractivity contribution >= 4 is 0 Å². The number of hydrogen-bond acceptors (Lipinski definition) is 5. The highest BCUT2D eigenvalue weighted by Crippen LogP contribution is 2.27. The fourth-order valence-electron chi connectivity index (χ4n) is 2.66. The normalized spacial score (nSPS) is 18.8. The molecule has 6 heteroatoms. The van der Waals surface area contributed by atoms with E-state index in [0.717, 1.165) is 19.5 Å². The van der Waals surface area contributed by atoms with E-state index in [1.807, 2.05) is 6.07 Å². The number of nitrogens with zero attached hydrogens (tertiary/aromatic N) is 4. The highest BCUT2D eigenvalue weighted by Gasteiger charge is 2.28. The first kappa shape index (κ1) is 13.7. The van der Waals surface area contributed by atoms with Crippen LogP contribution in [0.4, 0.5) is 4.39 Å². The van der Waals surface area contributed by atoms with Gasteiger partial charge in [-0.05, 0) is 38.1 Å². The van der Waals surface area contributed by atoms with Gasteiger partial charge in [0.25, 0.3) is 0 Å². The first-order valence-corrected chi connectivity index (χ1v) is 6.87. The van der Waals surface area contributed by atoms with Crippen LogP contribution in [0.1, 0.15) is 35.2 Å². The summed E-state index contributed by atoms with van der Waals surface area (Å²) in [5, 5.41) is 12.7. The Balaban J connectivity index is 1.69. The summed E-state index contributed by atoms with van der Waals surface area (Å²) in [6.45, 7) is 3.90. The van der Waals surface area contributed by atoms with Crippen LogP contribution in [0.15, 0.2) is 22.7 Å². The Labute approximate surface area is 122 Å². The molecule has 3 rings (SSSR count). The van der Waals surface area contributed by atoms with Crippen LogP contribution in [0.3, 0.4) is 0 Å². The van der Waals surface area contributed by atoms with Gasteiger partial charge in [-0.25, -0.2) is 4.39 Å². The Kier molecular flexibility index (Phi) is 3.67. The molecule has 0 saturated carbocycles. The van der Waals surface area contributed by atoms with E-state index in [1.54, 1.807) is 13.0 Å². The number of rotatable bonds is 3. The SMILES string of the molecule is Cc1noc([C@@H]2CCN(Cc3cc(C#N)ccc3F)C2)n1. The van der Waals surface area contributed by atoms with E-state index in [-0.39, 0.29) is 11.7 Å². The topological polar surface area (TPSA) is 66.0 Å². The summed E-state index contributed by atoms with van der Waals surface area (Å²) < 4.78 is 19.0. The molecule has 0 radical (unpaired) electrons. The van der Waals surface area contributed by atoms with Gasteiger partial charge in [0, 0.05) is 18.7 Å². The highest BCUT2D eigenvalue weighted by atomic mass is 19.1. The lowest BCUT2D eigenvalue weighted by Crippen LogP contribution is -2.20. The van der Waals surface area contributed by atoms with Crippen molar-refractivity contribution in [1.82, 2.24) is 15.0 Å². The quantitative estimate of drug-likeness (QED) is 0.866. The van der Waals surface area contributed by atoms with E-state index in [2.05, 4.69) is 15.0 Å². The molecule has 0 N–H and O–H groups in total. The first-order chi connectivity index (χ1) is 10.2. The summed E-state index contributed by atoms with van der Waals surface area (Å²) in [6, 6.07) is 6.49. The molecule has 0 spiro atoms. The Morgan fingerprint density at radius 2 is 2.38 bits per heavy atom. The van der Waals surface area contributed by atoms with Crippen molar-refractivity contribution in [3.05, 3.63) is 46.9 Å². The molecule has 1 atom stereocenters. The van der Waals surface area contributed by atoms with E-state index in [9.17, 15) is 4.39 Å². The third kappa shape index (κ3) is 2.93. The molecule has 1 aliphatic rings. The molecule has 1 fully saturated rings. The van der Waals surface area contributed by atoms with Gasteiger partial charge >= 0.3 is 0 Å². The zero-order valence-electron chi connectivity index (χ0n) is 11.7. The second kappa shape index (κ2) is 5.62. The Bertz CT molecular complexity index is 691. The van der Waals surface area contributed by atoms with Gasteiger partial charge in [-0.1, -0.05) is 5.16 Å². The van der Waals surface area contributed by atoms with Gasteiger partial charge < -0.3 is 4.52 Å². The van der Waals surface area contributed by atoms with Crippen molar-refractivity contribution in [1.29, 1.82) is 5.26 Å². The van der Waals surface area contributed by atoms with E-state index in [1.165, 1.54) is 12.1 Å². The lowest BCUT2D eigenvalue weighted by Gasteiger charge is -2.15. The van der Waals surface area contributed by atoms with Crippen LogP contribution in [0, 0.1) is 24.1 Å². The van der Waals surface area contributed by atoms with Gasteiger partial charge in [-0.2, -0.15) is 10.2 Å². The zero-order chi connectivity index (χ0) is 14.8. The number of aromatic nitrogens is 2. The second-order valence-electron chi connectivity index (χ2n) is 5.32. The van der Waals surface area contributed by atoms with Gasteiger partial charge in [0.1, 0.15) is 5.82 Å². The smallest absolute Gasteiger partial charge is 0.231 e. The summed E-state index contributed by atoms with van der Waals surface area (Å²) in [5.41, 5.74) is 1.03. The predicted molar refractivity (Wildman–Crippen MR) is 72.8 cm³/mol. The van der Waals surface area contributed by atoms with Crippen molar-refractivity contribution in [2.45, 2.75) is 25.8 Å². The second-order valence-corrected chi connectivity index (χ2v) is 5.32. The molecule has 1 aliphatic heterocycles. The van der Waals surface area contributed by atoms with Crippen LogP contribution in [0.25, 0.3) is 0 Å². The number of likely N-dealkylation sites (tertiary alicyclic amines) is 1. The third-order valence-electron chi connectivity index (χ3n) is 3.73. The first-order valence-electron chi connectivity index (χ1n) is 6.87. The molecule has 108 valence electrons. The molecule has 5 nitrogen and oxygen atoms in total. The molecule has 1 aromatic heterocycles. The maximum Gasteiger partial charge on any atom is 0.231 e. The predicted octanol–water partition coefficient (Wildman–Crippen LogP) is 2.38. The zero-order valence-corrected chi connectivity index (χ0v) is 11.7. The fraction of sp³-hybridized carbons (Fsp3) is 0.400. The van der Waals surface area contributed by atoms with Crippen molar-refractivity contribution in [3.63, 3.8) is 0 Å². The third-order valence-corrected chi connectivity index (χ3v) is 3.73. The number of halogens is 1. The summed E-state index contributed by atoms with van der Waals surface area (Å²) in [5.74, 6) is 1.22. The van der Waals surface area contributed by atoms with Gasteiger partial charge in [0.2, 0.25) is 5.89 Å². The van der Waals surface area contributed by atoms with E-state index in [4.69, 9.17) is 9.78 Å². The summed E-state index contributed by atoms with van der Waals surface area (Å²) >= 11 is 0. The minimum Gasteiger partial charge on any atom is -0.339 e. The number of benzene rings is 1. The average molecular weight is 286 g/mol. The minimum absolute atomic E-state index is 0.202. The monoisotopic (exact) mass is 286 g/mol. The highest BCUT2D eigenvalue weighted by molar-refractivity contribution is 5.33. The van der Waals surface area contributed by atoms with Gasteiger partial charge in [0.05, 0.1) is 17.6 Å². The maximum atomic E-state index is 13.8. The van der Waals surface area contributed by atoms with Crippen LogP contribution in [-0.2, 0) is 6.54 Å². The average Bonchev–Trinajstić information content (AvgIpc) is 3.10. The van der Waals surface area contributed by atoms with Gasteiger partial charge in [-0.15, -0.1) is 0 Å². The van der Waals surface area contributed by atoms with E-state index >= 15 is 0 Å². The largest absolute Gasteiger partial charge is 0.339 e. The summed E-state index contributed by atoms with van der Waals surface area (Å²) in [4.78, 5) is 6.40.